The minimum absolute atomic E-state index is 0. The van der Waals surface area contributed by atoms with Crippen LogP contribution < -0.4 is 48.2 Å². The number of fused-ring (bicyclic) bond motifs is 2. The van der Waals surface area contributed by atoms with E-state index in [0.29, 0.717) is 0 Å². The minimum Gasteiger partial charge on any atom is -1.00 e. The number of para-hydroxylation sites is 2. The van der Waals surface area contributed by atoms with E-state index in [9.17, 15) is 4.79 Å². The summed E-state index contributed by atoms with van der Waals surface area (Å²) in [6.07, 6.45) is 6.19. The summed E-state index contributed by atoms with van der Waals surface area (Å²) < 4.78 is 7.04. The van der Waals surface area contributed by atoms with Crippen LogP contribution in [-0.2, 0) is 13.6 Å². The average molecular weight is 606 g/mol. The minimum atomic E-state index is 0. The largest absolute Gasteiger partial charge is 1.00 e. The molecule has 33 heavy (non-hydrogen) atoms. The fourth-order valence-electron chi connectivity index (χ4n) is 3.96. The highest BCUT2D eigenvalue weighted by Gasteiger charge is 2.22. The van der Waals surface area contributed by atoms with Gasteiger partial charge in [-0.1, -0.05) is 47.4 Å². The van der Waals surface area contributed by atoms with Crippen LogP contribution in [0.1, 0.15) is 18.9 Å². The summed E-state index contributed by atoms with van der Waals surface area (Å²) >= 11 is 5.07. The van der Waals surface area contributed by atoms with Crippen LogP contribution in [0.25, 0.3) is 22.4 Å². The molecule has 5 rings (SSSR count). The Labute approximate surface area is 222 Å². The van der Waals surface area contributed by atoms with Crippen LogP contribution in [0.2, 0.25) is 0 Å². The van der Waals surface area contributed by atoms with E-state index in [1.165, 1.54) is 20.8 Å². The van der Waals surface area contributed by atoms with Crippen LogP contribution in [0.3, 0.4) is 0 Å². The van der Waals surface area contributed by atoms with Crippen molar-refractivity contribution in [1.29, 1.82) is 0 Å². The second-order valence-corrected chi connectivity index (χ2v) is 10.6. The molecule has 0 spiro atoms. The molecule has 8 heteroatoms. The van der Waals surface area contributed by atoms with Crippen LogP contribution >= 0.6 is 34.4 Å². The summed E-state index contributed by atoms with van der Waals surface area (Å²) in [5.74, 6) is 0. The maximum absolute atomic E-state index is 12.9. The molecule has 0 saturated heterocycles. The SMILES string of the molecule is CCN1/C(=C/C=c2/s/c(=C\c3sc4ccccc4[n+]3CC)n(C)c2=O)Sc2ccccc21.[I-]. The normalized spacial score (nSPS) is 15.5. The van der Waals surface area contributed by atoms with E-state index in [1.54, 1.807) is 39.0 Å². The molecule has 0 aliphatic carbocycles. The third-order valence-corrected chi connectivity index (χ3v) is 8.97. The van der Waals surface area contributed by atoms with Gasteiger partial charge in [-0.3, -0.25) is 4.79 Å². The lowest BCUT2D eigenvalue weighted by atomic mass is 10.3. The number of rotatable bonds is 4. The molecule has 0 radical (unpaired) electrons. The predicted molar refractivity (Wildman–Crippen MR) is 138 cm³/mol. The fraction of sp³-hybridized carbons (Fsp3) is 0.200. The van der Waals surface area contributed by atoms with E-state index in [-0.39, 0.29) is 29.5 Å². The summed E-state index contributed by atoms with van der Waals surface area (Å²) in [6, 6.07) is 16.9. The Bertz CT molecular complexity index is 1530. The molecule has 4 nitrogen and oxygen atoms in total. The molecule has 0 saturated carbocycles. The number of thiazole rings is 2. The summed E-state index contributed by atoms with van der Waals surface area (Å²) in [6.45, 7) is 6.10. The Morgan fingerprint density at radius 1 is 1.00 bits per heavy atom. The smallest absolute Gasteiger partial charge is 0.268 e. The summed E-state index contributed by atoms with van der Waals surface area (Å²) in [7, 11) is 1.86. The number of aryl methyl sites for hydroxylation is 1. The average Bonchev–Trinajstić information content (AvgIpc) is 3.44. The van der Waals surface area contributed by atoms with Crippen molar-refractivity contribution in [3.63, 3.8) is 0 Å². The van der Waals surface area contributed by atoms with Crippen molar-refractivity contribution in [1.82, 2.24) is 4.57 Å². The van der Waals surface area contributed by atoms with Crippen molar-refractivity contribution in [3.8, 4) is 0 Å². The van der Waals surface area contributed by atoms with Crippen LogP contribution in [-0.4, -0.2) is 11.1 Å². The standard InChI is InChI=1S/C25H24N3OS3.HI/c1-4-27-17-10-6-8-12-19(17)30-22(27)15-14-21-25(29)26(3)23(32-21)16-24-28(5-2)18-11-7-9-13-20(18)31-24;/h6-16H,4-5H2,1-3H3;1H/q+1;/p-1/b21-14+,22-15-;. The summed E-state index contributed by atoms with van der Waals surface area (Å²) in [4.78, 5) is 16.5. The topological polar surface area (TPSA) is 29.1 Å². The molecule has 0 amide bonds. The predicted octanol–water partition coefficient (Wildman–Crippen LogP) is 1.06. The molecule has 1 aliphatic rings. The number of anilines is 1. The maximum Gasteiger partial charge on any atom is 0.268 e. The van der Waals surface area contributed by atoms with E-state index in [4.69, 9.17) is 0 Å². The molecule has 170 valence electrons. The molecule has 2 aromatic heterocycles. The first-order chi connectivity index (χ1) is 15.6. The van der Waals surface area contributed by atoms with Gasteiger partial charge in [0.15, 0.2) is 0 Å². The highest BCUT2D eigenvalue weighted by Crippen LogP contribution is 2.45. The molecule has 4 aromatic rings. The molecule has 0 fully saturated rings. The number of hydrogen-bond donors (Lipinski definition) is 0. The second kappa shape index (κ2) is 10.2. The van der Waals surface area contributed by atoms with E-state index in [2.05, 4.69) is 84.0 Å². The van der Waals surface area contributed by atoms with Gasteiger partial charge in [-0.05, 0) is 44.2 Å². The molecular weight excluding hydrogens is 581 g/mol. The monoisotopic (exact) mass is 605 g/mol. The van der Waals surface area contributed by atoms with Gasteiger partial charge in [0.05, 0.1) is 21.3 Å². The van der Waals surface area contributed by atoms with Crippen LogP contribution in [0.4, 0.5) is 5.69 Å². The number of allylic oxidation sites excluding steroid dienone is 1. The molecule has 0 atom stereocenters. The lowest BCUT2D eigenvalue weighted by molar-refractivity contribution is -0.665. The Morgan fingerprint density at radius 3 is 2.55 bits per heavy atom. The second-order valence-electron chi connectivity index (χ2n) is 7.45. The Balaban J connectivity index is 0.00000259. The van der Waals surface area contributed by atoms with Crippen LogP contribution in [0.5, 0.6) is 0 Å². The molecular formula is C25H24IN3OS3. The van der Waals surface area contributed by atoms with Gasteiger partial charge in [0, 0.05) is 24.6 Å². The van der Waals surface area contributed by atoms with Crippen LogP contribution in [0.15, 0.2) is 69.3 Å². The van der Waals surface area contributed by atoms with Gasteiger partial charge < -0.3 is 33.4 Å². The van der Waals surface area contributed by atoms with Crippen molar-refractivity contribution in [2.45, 2.75) is 25.3 Å². The molecule has 2 aromatic carbocycles. The highest BCUT2D eigenvalue weighted by molar-refractivity contribution is 8.03. The quantitative estimate of drug-likeness (QED) is 0.258. The fourth-order valence-corrected chi connectivity index (χ4v) is 7.31. The lowest BCUT2D eigenvalue weighted by Crippen LogP contribution is -3.00. The van der Waals surface area contributed by atoms with Gasteiger partial charge in [0.25, 0.3) is 10.6 Å². The van der Waals surface area contributed by atoms with Crippen molar-refractivity contribution < 1.29 is 28.5 Å². The lowest BCUT2D eigenvalue weighted by Gasteiger charge is -2.17. The Hall–Kier alpha value is -1.88. The zero-order valence-corrected chi connectivity index (χ0v) is 23.2. The number of thioether (sulfide) groups is 1. The number of halogens is 1. The highest BCUT2D eigenvalue weighted by atomic mass is 127. The maximum atomic E-state index is 12.9. The van der Waals surface area contributed by atoms with Gasteiger partial charge >= 0.3 is 0 Å². The van der Waals surface area contributed by atoms with Crippen molar-refractivity contribution in [2.24, 2.45) is 7.05 Å². The first-order valence-electron chi connectivity index (χ1n) is 10.7. The molecule has 0 unspecified atom stereocenters. The van der Waals surface area contributed by atoms with Crippen molar-refractivity contribution in [3.05, 3.63) is 84.2 Å². The zero-order chi connectivity index (χ0) is 22.2. The van der Waals surface area contributed by atoms with Crippen molar-refractivity contribution >= 4 is 62.5 Å². The molecule has 3 heterocycles. The van der Waals surface area contributed by atoms with Gasteiger partial charge in [-0.25, -0.2) is 0 Å². The Kier molecular flexibility index (Phi) is 7.47. The molecule has 1 aliphatic heterocycles. The zero-order valence-electron chi connectivity index (χ0n) is 18.6. The Morgan fingerprint density at radius 2 is 1.76 bits per heavy atom. The first kappa shape index (κ1) is 24.3. The molecule has 0 N–H and O–H groups in total. The first-order valence-corrected chi connectivity index (χ1v) is 13.1. The van der Waals surface area contributed by atoms with Gasteiger partial charge in [0.2, 0.25) is 5.52 Å². The third-order valence-electron chi connectivity index (χ3n) is 5.59. The van der Waals surface area contributed by atoms with Crippen LogP contribution in [0, 0.1) is 0 Å². The van der Waals surface area contributed by atoms with E-state index in [0.717, 1.165) is 32.3 Å². The van der Waals surface area contributed by atoms with E-state index >= 15 is 0 Å². The van der Waals surface area contributed by atoms with Crippen molar-refractivity contribution in [2.75, 3.05) is 11.4 Å². The number of aromatic nitrogens is 2. The van der Waals surface area contributed by atoms with E-state index in [1.807, 2.05) is 13.1 Å². The summed E-state index contributed by atoms with van der Waals surface area (Å²) in [5.41, 5.74) is 2.52. The third kappa shape index (κ3) is 4.45. The number of benzene rings is 2. The molecule has 0 bridgehead atoms. The van der Waals surface area contributed by atoms with Gasteiger partial charge in [0.1, 0.15) is 15.9 Å². The van der Waals surface area contributed by atoms with Gasteiger partial charge in [-0.2, -0.15) is 4.57 Å². The van der Waals surface area contributed by atoms with Gasteiger partial charge in [-0.15, -0.1) is 11.3 Å². The number of nitrogens with zero attached hydrogens (tertiary/aromatic N) is 3. The van der Waals surface area contributed by atoms with E-state index < -0.39 is 0 Å². The summed E-state index contributed by atoms with van der Waals surface area (Å²) in [5, 5.41) is 2.32. The number of hydrogen-bond acceptors (Lipinski definition) is 5.